The molecule has 4 heterocycles. The molecule has 2 aromatic heterocycles. The van der Waals surface area contributed by atoms with Crippen molar-refractivity contribution in [3.05, 3.63) is 80.6 Å². The minimum absolute atomic E-state index is 0.0437. The van der Waals surface area contributed by atoms with E-state index in [2.05, 4.69) is 0 Å². The predicted molar refractivity (Wildman–Crippen MR) is 154 cm³/mol. The van der Waals surface area contributed by atoms with E-state index in [4.69, 9.17) is 28.7 Å². The van der Waals surface area contributed by atoms with Gasteiger partial charge in [-0.3, -0.25) is 9.59 Å². The molecule has 0 saturated carbocycles. The molecule has 11 heteroatoms. The standard InChI is InChI=1S/C32H30N2O9/c1-5-32(38)22-13-24-28-19(14-34(24)30(36)21(22)16-43-31(32)37)20(18-8-6-7-9-23(18)33-28)15-42-27(35)12-17-10-25(39-2)29(41-4)26(11-17)40-3/h6-11,13,38H,5,12,14-16H2,1-4H3/t32-/m0/s1. The number of carbonyl (C=O) groups excluding carboxylic acids is 2. The number of hydrogen-bond acceptors (Lipinski definition) is 10. The highest BCUT2D eigenvalue weighted by atomic mass is 16.6. The molecule has 0 saturated heterocycles. The van der Waals surface area contributed by atoms with Gasteiger partial charge in [-0.25, -0.2) is 9.78 Å². The van der Waals surface area contributed by atoms with Crippen LogP contribution in [0.2, 0.25) is 0 Å². The number of pyridine rings is 2. The van der Waals surface area contributed by atoms with Crippen molar-refractivity contribution >= 4 is 22.8 Å². The van der Waals surface area contributed by atoms with Gasteiger partial charge in [-0.05, 0) is 36.2 Å². The maximum Gasteiger partial charge on any atom is 0.343 e. The van der Waals surface area contributed by atoms with Gasteiger partial charge < -0.3 is 33.4 Å². The lowest BCUT2D eigenvalue weighted by Crippen LogP contribution is -2.44. The quantitative estimate of drug-likeness (QED) is 0.270. The second kappa shape index (κ2) is 10.7. The van der Waals surface area contributed by atoms with E-state index < -0.39 is 17.5 Å². The van der Waals surface area contributed by atoms with Crippen LogP contribution in [0, 0.1) is 0 Å². The Balaban J connectivity index is 1.37. The lowest BCUT2D eigenvalue weighted by atomic mass is 9.86. The molecule has 2 aliphatic rings. The maximum absolute atomic E-state index is 13.6. The van der Waals surface area contributed by atoms with Crippen molar-refractivity contribution in [2.75, 3.05) is 21.3 Å². The zero-order valence-electron chi connectivity index (χ0n) is 24.2. The highest BCUT2D eigenvalue weighted by molar-refractivity contribution is 5.89. The number of benzene rings is 2. The molecule has 222 valence electrons. The lowest BCUT2D eigenvalue weighted by molar-refractivity contribution is -0.172. The number of aliphatic hydroxyl groups is 1. The van der Waals surface area contributed by atoms with E-state index in [0.29, 0.717) is 39.7 Å². The summed E-state index contributed by atoms with van der Waals surface area (Å²) in [6, 6.07) is 12.5. The minimum atomic E-state index is -1.92. The molecule has 0 spiro atoms. The summed E-state index contributed by atoms with van der Waals surface area (Å²) in [5.74, 6) is 0.0174. The molecule has 0 aliphatic carbocycles. The molecule has 11 nitrogen and oxygen atoms in total. The topological polar surface area (TPSA) is 135 Å². The number of aromatic nitrogens is 2. The summed E-state index contributed by atoms with van der Waals surface area (Å²) in [5, 5.41) is 12.0. The van der Waals surface area contributed by atoms with Crippen LogP contribution >= 0.6 is 0 Å². The molecule has 4 aromatic rings. The molecule has 1 N–H and O–H groups in total. The van der Waals surface area contributed by atoms with Gasteiger partial charge in [0.05, 0.1) is 56.8 Å². The van der Waals surface area contributed by atoms with Crippen molar-refractivity contribution in [3.63, 3.8) is 0 Å². The maximum atomic E-state index is 13.6. The number of esters is 2. The third-order valence-corrected chi connectivity index (χ3v) is 8.16. The van der Waals surface area contributed by atoms with Gasteiger partial charge in [-0.2, -0.15) is 0 Å². The van der Waals surface area contributed by atoms with Crippen LogP contribution in [0.15, 0.2) is 47.3 Å². The van der Waals surface area contributed by atoms with Crippen LogP contribution in [0.25, 0.3) is 22.3 Å². The Morgan fingerprint density at radius 3 is 2.44 bits per heavy atom. The molecule has 6 rings (SSSR count). The molecule has 2 aromatic carbocycles. The van der Waals surface area contributed by atoms with Gasteiger partial charge >= 0.3 is 11.9 Å². The molecular formula is C32H30N2O9. The van der Waals surface area contributed by atoms with Crippen LogP contribution in [0.3, 0.4) is 0 Å². The Hall–Kier alpha value is -4.90. The molecule has 0 fully saturated rings. The van der Waals surface area contributed by atoms with Crippen LogP contribution in [0.1, 0.15) is 41.2 Å². The number of fused-ring (bicyclic) bond motifs is 5. The first kappa shape index (κ1) is 28.2. The third-order valence-electron chi connectivity index (χ3n) is 8.16. The zero-order chi connectivity index (χ0) is 30.5. The monoisotopic (exact) mass is 586 g/mol. The number of para-hydroxylation sites is 1. The molecule has 0 bridgehead atoms. The second-order valence-corrected chi connectivity index (χ2v) is 10.4. The van der Waals surface area contributed by atoms with Crippen LogP contribution in [-0.2, 0) is 50.8 Å². The van der Waals surface area contributed by atoms with Crippen LogP contribution in [0.5, 0.6) is 17.2 Å². The summed E-state index contributed by atoms with van der Waals surface area (Å²) < 4.78 is 28.7. The number of hydrogen-bond donors (Lipinski definition) is 1. The van der Waals surface area contributed by atoms with Gasteiger partial charge in [0.25, 0.3) is 5.56 Å². The first-order valence-corrected chi connectivity index (χ1v) is 13.8. The summed E-state index contributed by atoms with van der Waals surface area (Å²) in [6.45, 7) is 1.57. The number of methoxy groups -OCH3 is 3. The van der Waals surface area contributed by atoms with E-state index >= 15 is 0 Å². The first-order chi connectivity index (χ1) is 20.7. The van der Waals surface area contributed by atoms with Crippen molar-refractivity contribution in [1.82, 2.24) is 9.55 Å². The zero-order valence-corrected chi connectivity index (χ0v) is 24.2. The SMILES string of the molecule is CC[C@@]1(O)C(=O)OCc2c1cc1n(c2=O)Cc2c-1nc1ccccc1c2COC(=O)Cc1cc(OC)c(OC)c(OC)c1. The molecule has 0 unspecified atom stereocenters. The molecule has 1 atom stereocenters. The van der Waals surface area contributed by atoms with E-state index in [1.54, 1.807) is 29.7 Å². The number of rotatable bonds is 8. The van der Waals surface area contributed by atoms with Crippen molar-refractivity contribution < 1.29 is 38.4 Å². The van der Waals surface area contributed by atoms with Crippen molar-refractivity contribution in [1.29, 1.82) is 0 Å². The lowest BCUT2D eigenvalue weighted by Gasteiger charge is -2.31. The van der Waals surface area contributed by atoms with E-state index in [1.165, 1.54) is 21.3 Å². The van der Waals surface area contributed by atoms with Gasteiger partial charge in [0, 0.05) is 22.1 Å². The number of nitrogens with zero attached hydrogens (tertiary/aromatic N) is 2. The highest BCUT2D eigenvalue weighted by Crippen LogP contribution is 2.41. The minimum Gasteiger partial charge on any atom is -0.493 e. The average molecular weight is 587 g/mol. The number of ether oxygens (including phenoxy) is 5. The van der Waals surface area contributed by atoms with Crippen LogP contribution in [-0.4, -0.2) is 47.9 Å². The number of cyclic esters (lactones) is 1. The summed E-state index contributed by atoms with van der Waals surface area (Å²) in [6.07, 6.45) is 0.00479. The second-order valence-electron chi connectivity index (χ2n) is 10.4. The molecule has 0 amide bonds. The Labute approximate surface area is 246 Å². The van der Waals surface area contributed by atoms with Gasteiger partial charge in [0.15, 0.2) is 17.1 Å². The molecule has 2 aliphatic heterocycles. The Morgan fingerprint density at radius 2 is 1.77 bits per heavy atom. The number of carbonyl (C=O) groups is 2. The van der Waals surface area contributed by atoms with E-state index in [0.717, 1.165) is 16.5 Å². The predicted octanol–water partition coefficient (Wildman–Crippen LogP) is 3.39. The molecule has 43 heavy (non-hydrogen) atoms. The fraction of sp³-hybridized carbons (Fsp3) is 0.312. The van der Waals surface area contributed by atoms with E-state index in [-0.39, 0.29) is 49.3 Å². The molecular weight excluding hydrogens is 556 g/mol. The normalized spacial score (nSPS) is 16.6. The van der Waals surface area contributed by atoms with E-state index in [1.807, 2.05) is 24.3 Å². The fourth-order valence-corrected chi connectivity index (χ4v) is 5.89. The summed E-state index contributed by atoms with van der Waals surface area (Å²) in [7, 11) is 4.51. The summed E-state index contributed by atoms with van der Waals surface area (Å²) >= 11 is 0. The third kappa shape index (κ3) is 4.47. The molecule has 0 radical (unpaired) electrons. The first-order valence-electron chi connectivity index (χ1n) is 13.8. The van der Waals surface area contributed by atoms with Gasteiger partial charge in [0.1, 0.15) is 13.2 Å². The highest BCUT2D eigenvalue weighted by Gasteiger charge is 2.45. The smallest absolute Gasteiger partial charge is 0.343 e. The Morgan fingerprint density at radius 1 is 1.05 bits per heavy atom. The van der Waals surface area contributed by atoms with Crippen LogP contribution in [0.4, 0.5) is 0 Å². The summed E-state index contributed by atoms with van der Waals surface area (Å²) in [5.41, 5.74) is 1.93. The van der Waals surface area contributed by atoms with Crippen LogP contribution < -0.4 is 19.8 Å². The largest absolute Gasteiger partial charge is 0.493 e. The van der Waals surface area contributed by atoms with E-state index in [9.17, 15) is 19.5 Å². The Bertz CT molecular complexity index is 1840. The van der Waals surface area contributed by atoms with Gasteiger partial charge in [0.2, 0.25) is 5.75 Å². The Kier molecular flexibility index (Phi) is 7.05. The van der Waals surface area contributed by atoms with Gasteiger partial charge in [-0.15, -0.1) is 0 Å². The van der Waals surface area contributed by atoms with Gasteiger partial charge in [-0.1, -0.05) is 25.1 Å². The average Bonchev–Trinajstić information content (AvgIpc) is 3.39. The fourth-order valence-electron chi connectivity index (χ4n) is 5.89. The van der Waals surface area contributed by atoms with Crippen molar-refractivity contribution in [2.24, 2.45) is 0 Å². The van der Waals surface area contributed by atoms with Crippen molar-refractivity contribution in [2.45, 2.75) is 45.1 Å². The van der Waals surface area contributed by atoms with Crippen molar-refractivity contribution in [3.8, 4) is 28.6 Å². The summed E-state index contributed by atoms with van der Waals surface area (Å²) in [4.78, 5) is 44.1.